The highest BCUT2D eigenvalue weighted by molar-refractivity contribution is 5.98. The molecule has 0 spiro atoms. The molecular formula is C19H24ClN3O. The van der Waals surface area contributed by atoms with Crippen LogP contribution in [0.5, 0.6) is 0 Å². The molecule has 0 bridgehead atoms. The van der Waals surface area contributed by atoms with Gasteiger partial charge in [-0.3, -0.25) is 0 Å². The maximum absolute atomic E-state index is 5.26. The molecule has 0 aliphatic carbocycles. The minimum Gasteiger partial charge on any atom is -0.372 e. The van der Waals surface area contributed by atoms with Gasteiger partial charge in [0.2, 0.25) is 0 Å². The summed E-state index contributed by atoms with van der Waals surface area (Å²) in [6.45, 7) is 4.54. The SMILES string of the molecule is CC(Cc1ccccc1)NCCN1CON=C1c1ccccc1.Cl. The van der Waals surface area contributed by atoms with Crippen molar-refractivity contribution in [2.24, 2.45) is 5.16 Å². The van der Waals surface area contributed by atoms with Crippen molar-refractivity contribution in [2.45, 2.75) is 19.4 Å². The van der Waals surface area contributed by atoms with Gasteiger partial charge >= 0.3 is 0 Å². The molecule has 1 aliphatic heterocycles. The van der Waals surface area contributed by atoms with Gasteiger partial charge in [0, 0.05) is 24.7 Å². The van der Waals surface area contributed by atoms with Crippen molar-refractivity contribution < 1.29 is 4.84 Å². The van der Waals surface area contributed by atoms with Crippen molar-refractivity contribution in [2.75, 3.05) is 19.8 Å². The maximum Gasteiger partial charge on any atom is 0.191 e. The van der Waals surface area contributed by atoms with Crippen LogP contribution in [0.1, 0.15) is 18.1 Å². The molecule has 0 fully saturated rings. The zero-order valence-corrected chi connectivity index (χ0v) is 14.7. The van der Waals surface area contributed by atoms with E-state index in [9.17, 15) is 0 Å². The second-order valence-electron chi connectivity index (χ2n) is 5.85. The Morgan fingerprint density at radius 1 is 1.08 bits per heavy atom. The second kappa shape index (κ2) is 9.30. The van der Waals surface area contributed by atoms with E-state index in [2.05, 4.69) is 64.8 Å². The molecule has 1 N–H and O–H groups in total. The quantitative estimate of drug-likeness (QED) is 0.836. The fourth-order valence-corrected chi connectivity index (χ4v) is 2.76. The van der Waals surface area contributed by atoms with Crippen LogP contribution in [-0.4, -0.2) is 36.6 Å². The van der Waals surface area contributed by atoms with Crippen molar-refractivity contribution >= 4 is 18.2 Å². The molecule has 5 heteroatoms. The van der Waals surface area contributed by atoms with E-state index in [1.807, 2.05) is 18.2 Å². The Hall–Kier alpha value is -2.04. The van der Waals surface area contributed by atoms with Crippen LogP contribution in [0.15, 0.2) is 65.8 Å². The summed E-state index contributed by atoms with van der Waals surface area (Å²) in [6, 6.07) is 21.2. The van der Waals surface area contributed by atoms with Crippen LogP contribution in [0.2, 0.25) is 0 Å². The second-order valence-corrected chi connectivity index (χ2v) is 5.85. The molecule has 0 aromatic heterocycles. The van der Waals surface area contributed by atoms with Gasteiger partial charge in [-0.15, -0.1) is 12.4 Å². The number of hydrogen-bond donors (Lipinski definition) is 1. The highest BCUT2D eigenvalue weighted by Crippen LogP contribution is 2.11. The van der Waals surface area contributed by atoms with E-state index in [0.29, 0.717) is 12.8 Å². The first-order valence-corrected chi connectivity index (χ1v) is 8.10. The predicted octanol–water partition coefficient (Wildman–Crippen LogP) is 3.28. The molecule has 1 aliphatic rings. The standard InChI is InChI=1S/C19H23N3O.ClH/c1-16(14-17-8-4-2-5-9-17)20-12-13-22-15-23-21-19(22)18-10-6-3-7-11-18;/h2-11,16,20H,12-15H2,1H3;1H. The lowest BCUT2D eigenvalue weighted by atomic mass is 10.1. The van der Waals surface area contributed by atoms with Crippen molar-refractivity contribution in [1.29, 1.82) is 0 Å². The Morgan fingerprint density at radius 3 is 2.46 bits per heavy atom. The third kappa shape index (κ3) is 4.98. The molecule has 1 atom stereocenters. The molecule has 0 saturated carbocycles. The summed E-state index contributed by atoms with van der Waals surface area (Å²) in [5, 5.41) is 7.75. The Morgan fingerprint density at radius 2 is 1.75 bits per heavy atom. The van der Waals surface area contributed by atoms with E-state index in [-0.39, 0.29) is 12.4 Å². The number of halogens is 1. The Kier molecular flexibility index (Phi) is 7.09. The Labute approximate surface area is 149 Å². The topological polar surface area (TPSA) is 36.9 Å². The number of nitrogens with zero attached hydrogens (tertiary/aromatic N) is 2. The van der Waals surface area contributed by atoms with Gasteiger partial charge in [-0.2, -0.15) is 0 Å². The summed E-state index contributed by atoms with van der Waals surface area (Å²) in [6.07, 6.45) is 1.04. The number of benzene rings is 2. The lowest BCUT2D eigenvalue weighted by Gasteiger charge is -2.20. The average molecular weight is 346 g/mol. The minimum atomic E-state index is 0. The van der Waals surface area contributed by atoms with E-state index in [4.69, 9.17) is 4.84 Å². The van der Waals surface area contributed by atoms with Gasteiger partial charge in [0.25, 0.3) is 0 Å². The number of hydrogen-bond acceptors (Lipinski definition) is 4. The fraction of sp³-hybridized carbons (Fsp3) is 0.316. The lowest BCUT2D eigenvalue weighted by molar-refractivity contribution is 0.110. The van der Waals surface area contributed by atoms with E-state index in [0.717, 1.165) is 30.9 Å². The van der Waals surface area contributed by atoms with Gasteiger partial charge in [0.05, 0.1) is 0 Å². The first-order valence-electron chi connectivity index (χ1n) is 8.10. The third-order valence-corrected chi connectivity index (χ3v) is 3.96. The van der Waals surface area contributed by atoms with E-state index < -0.39 is 0 Å². The fourth-order valence-electron chi connectivity index (χ4n) is 2.76. The largest absolute Gasteiger partial charge is 0.372 e. The van der Waals surface area contributed by atoms with E-state index in [1.54, 1.807) is 0 Å². The first kappa shape index (κ1) is 18.3. The summed E-state index contributed by atoms with van der Waals surface area (Å²) in [5.74, 6) is 0.920. The normalized spacial score (nSPS) is 14.5. The monoisotopic (exact) mass is 345 g/mol. The summed E-state index contributed by atoms with van der Waals surface area (Å²) in [7, 11) is 0. The molecule has 2 aromatic rings. The van der Waals surface area contributed by atoms with Crippen LogP contribution in [0.25, 0.3) is 0 Å². The zero-order chi connectivity index (χ0) is 15.9. The first-order chi connectivity index (χ1) is 11.3. The van der Waals surface area contributed by atoms with Crippen LogP contribution in [0.4, 0.5) is 0 Å². The lowest BCUT2D eigenvalue weighted by Crippen LogP contribution is -2.38. The number of nitrogens with one attached hydrogen (secondary N) is 1. The van der Waals surface area contributed by atoms with Gasteiger partial charge in [-0.05, 0) is 18.9 Å². The highest BCUT2D eigenvalue weighted by atomic mass is 35.5. The summed E-state index contributed by atoms with van der Waals surface area (Å²) in [4.78, 5) is 7.43. The van der Waals surface area contributed by atoms with Gasteiger partial charge in [-0.1, -0.05) is 65.8 Å². The van der Waals surface area contributed by atoms with E-state index in [1.165, 1.54) is 5.56 Å². The molecule has 128 valence electrons. The van der Waals surface area contributed by atoms with Gasteiger partial charge < -0.3 is 15.1 Å². The van der Waals surface area contributed by atoms with Gasteiger partial charge in [0.15, 0.2) is 12.6 Å². The zero-order valence-electron chi connectivity index (χ0n) is 13.9. The average Bonchev–Trinajstić information content (AvgIpc) is 3.05. The Balaban J connectivity index is 0.00000208. The molecule has 4 nitrogen and oxygen atoms in total. The van der Waals surface area contributed by atoms with Crippen LogP contribution >= 0.6 is 12.4 Å². The van der Waals surface area contributed by atoms with E-state index >= 15 is 0 Å². The molecular weight excluding hydrogens is 322 g/mol. The molecule has 24 heavy (non-hydrogen) atoms. The van der Waals surface area contributed by atoms with Crippen molar-refractivity contribution in [3.63, 3.8) is 0 Å². The molecule has 0 saturated heterocycles. The van der Waals surface area contributed by atoms with Crippen LogP contribution in [-0.2, 0) is 11.3 Å². The summed E-state index contributed by atoms with van der Waals surface area (Å²) >= 11 is 0. The van der Waals surface area contributed by atoms with Crippen LogP contribution < -0.4 is 5.32 Å². The van der Waals surface area contributed by atoms with Crippen LogP contribution in [0.3, 0.4) is 0 Å². The predicted molar refractivity (Wildman–Crippen MR) is 100 cm³/mol. The highest BCUT2D eigenvalue weighted by Gasteiger charge is 2.19. The molecule has 2 aromatic carbocycles. The van der Waals surface area contributed by atoms with Crippen molar-refractivity contribution in [1.82, 2.24) is 10.2 Å². The smallest absolute Gasteiger partial charge is 0.191 e. The number of rotatable bonds is 7. The number of oxime groups is 1. The van der Waals surface area contributed by atoms with Crippen molar-refractivity contribution in [3.8, 4) is 0 Å². The van der Waals surface area contributed by atoms with Gasteiger partial charge in [-0.25, -0.2) is 0 Å². The van der Waals surface area contributed by atoms with Gasteiger partial charge in [0.1, 0.15) is 0 Å². The number of amidine groups is 1. The maximum atomic E-state index is 5.26. The molecule has 0 radical (unpaired) electrons. The molecule has 1 unspecified atom stereocenters. The minimum absolute atomic E-state index is 0. The van der Waals surface area contributed by atoms with Crippen molar-refractivity contribution in [3.05, 3.63) is 71.8 Å². The summed E-state index contributed by atoms with van der Waals surface area (Å²) in [5.41, 5.74) is 2.46. The van der Waals surface area contributed by atoms with Crippen LogP contribution in [0, 0.1) is 0 Å². The molecule has 0 amide bonds. The molecule has 3 rings (SSSR count). The third-order valence-electron chi connectivity index (χ3n) is 3.96. The Bertz CT molecular complexity index is 634. The summed E-state index contributed by atoms with van der Waals surface area (Å²) < 4.78 is 0. The molecule has 1 heterocycles.